The number of rotatable bonds is 6. The fraction of sp³-hybridized carbons (Fsp3) is 0.381. The topological polar surface area (TPSA) is 43.8 Å². The molecule has 0 bridgehead atoms. The lowest BCUT2D eigenvalue weighted by atomic mass is 10.0. The molecule has 4 heteroatoms. The molecule has 2 aromatic rings. The number of nitrogens with zero attached hydrogens (tertiary/aromatic N) is 2. The highest BCUT2D eigenvalue weighted by Gasteiger charge is 2.26. The van der Waals surface area contributed by atoms with Crippen LogP contribution in [0.1, 0.15) is 24.0 Å². The van der Waals surface area contributed by atoms with Crippen LogP contribution in [-0.4, -0.2) is 41.7 Å². The molecule has 4 nitrogen and oxygen atoms in total. The number of hydrogen-bond acceptors (Lipinski definition) is 3. The number of aryl methyl sites for hydroxylation is 1. The number of benzene rings is 2. The van der Waals surface area contributed by atoms with E-state index in [9.17, 15) is 9.90 Å². The quantitative estimate of drug-likeness (QED) is 0.875. The van der Waals surface area contributed by atoms with Gasteiger partial charge in [0, 0.05) is 31.4 Å². The number of carbonyl (C=O) groups is 1. The average Bonchev–Trinajstić information content (AvgIpc) is 2.62. The van der Waals surface area contributed by atoms with E-state index in [2.05, 4.69) is 53.1 Å². The first-order valence-electron chi connectivity index (χ1n) is 8.93. The molecule has 1 aliphatic rings. The first kappa shape index (κ1) is 17.5. The van der Waals surface area contributed by atoms with Crippen molar-refractivity contribution in [1.29, 1.82) is 0 Å². The molecule has 132 valence electrons. The van der Waals surface area contributed by atoms with Gasteiger partial charge in [0.15, 0.2) is 0 Å². The van der Waals surface area contributed by atoms with Crippen LogP contribution in [0, 0.1) is 6.92 Å². The van der Waals surface area contributed by atoms with Gasteiger partial charge in [0.25, 0.3) is 0 Å². The van der Waals surface area contributed by atoms with Crippen molar-refractivity contribution in [3.05, 3.63) is 65.7 Å². The zero-order valence-corrected chi connectivity index (χ0v) is 14.8. The van der Waals surface area contributed by atoms with E-state index < -0.39 is 5.97 Å². The molecule has 1 aliphatic heterocycles. The summed E-state index contributed by atoms with van der Waals surface area (Å²) in [4.78, 5) is 15.8. The van der Waals surface area contributed by atoms with E-state index in [1.165, 1.54) is 16.8 Å². The minimum absolute atomic E-state index is 0.101. The zero-order chi connectivity index (χ0) is 17.6. The third-order valence-electron chi connectivity index (χ3n) is 4.91. The van der Waals surface area contributed by atoms with Crippen LogP contribution < -0.4 is 4.90 Å². The van der Waals surface area contributed by atoms with Crippen molar-refractivity contribution in [3.8, 4) is 0 Å². The lowest BCUT2D eigenvalue weighted by Crippen LogP contribution is -2.46. The molecule has 0 unspecified atom stereocenters. The molecule has 1 heterocycles. The van der Waals surface area contributed by atoms with Gasteiger partial charge in [-0.25, -0.2) is 0 Å². The van der Waals surface area contributed by atoms with Gasteiger partial charge in [-0.05, 0) is 43.0 Å². The highest BCUT2D eigenvalue weighted by Crippen LogP contribution is 2.24. The van der Waals surface area contributed by atoms with Crippen LogP contribution in [0.2, 0.25) is 0 Å². The summed E-state index contributed by atoms with van der Waals surface area (Å²) in [7, 11) is 0. The van der Waals surface area contributed by atoms with E-state index in [1.807, 2.05) is 18.2 Å². The third-order valence-corrected chi connectivity index (χ3v) is 4.91. The normalized spacial score (nSPS) is 15.5. The Morgan fingerprint density at radius 1 is 1.12 bits per heavy atom. The Hall–Kier alpha value is -2.33. The summed E-state index contributed by atoms with van der Waals surface area (Å²) in [6.45, 7) is 4.86. The summed E-state index contributed by atoms with van der Waals surface area (Å²) < 4.78 is 0. The van der Waals surface area contributed by atoms with E-state index in [-0.39, 0.29) is 6.54 Å². The van der Waals surface area contributed by atoms with Crippen LogP contribution in [0.4, 0.5) is 5.69 Å². The van der Waals surface area contributed by atoms with Crippen molar-refractivity contribution < 1.29 is 9.90 Å². The monoisotopic (exact) mass is 338 g/mol. The maximum absolute atomic E-state index is 11.3. The van der Waals surface area contributed by atoms with Gasteiger partial charge < -0.3 is 10.0 Å². The largest absolute Gasteiger partial charge is 0.480 e. The van der Waals surface area contributed by atoms with E-state index in [0.29, 0.717) is 12.6 Å². The van der Waals surface area contributed by atoms with E-state index in [4.69, 9.17) is 0 Å². The molecule has 3 rings (SSSR count). The summed E-state index contributed by atoms with van der Waals surface area (Å²) in [6.07, 6.45) is 1.99. The van der Waals surface area contributed by atoms with E-state index >= 15 is 0 Å². The maximum atomic E-state index is 11.3. The van der Waals surface area contributed by atoms with Gasteiger partial charge in [0.05, 0.1) is 6.54 Å². The van der Waals surface area contributed by atoms with Gasteiger partial charge in [0.1, 0.15) is 0 Å². The molecule has 0 aliphatic carbocycles. The molecule has 25 heavy (non-hydrogen) atoms. The van der Waals surface area contributed by atoms with Gasteiger partial charge >= 0.3 is 5.97 Å². The number of piperidine rings is 1. The molecule has 0 saturated carbocycles. The predicted octanol–water partition coefficient (Wildman–Crippen LogP) is 3.55. The van der Waals surface area contributed by atoms with Crippen LogP contribution >= 0.6 is 0 Å². The Bertz CT molecular complexity index is 694. The fourth-order valence-electron chi connectivity index (χ4n) is 3.62. The minimum atomic E-state index is -0.753. The van der Waals surface area contributed by atoms with Gasteiger partial charge in [-0.1, -0.05) is 42.5 Å². The molecule has 0 atom stereocenters. The van der Waals surface area contributed by atoms with Crippen molar-refractivity contribution in [2.24, 2.45) is 0 Å². The second-order valence-corrected chi connectivity index (χ2v) is 6.84. The Balaban J connectivity index is 1.64. The van der Waals surface area contributed by atoms with Crippen LogP contribution in [0.3, 0.4) is 0 Å². The highest BCUT2D eigenvalue weighted by atomic mass is 16.4. The van der Waals surface area contributed by atoms with E-state index in [0.717, 1.165) is 25.9 Å². The molecule has 2 aromatic carbocycles. The first-order chi connectivity index (χ1) is 12.1. The molecule has 1 N–H and O–H groups in total. The summed E-state index contributed by atoms with van der Waals surface area (Å²) >= 11 is 0. The smallest absolute Gasteiger partial charge is 0.317 e. The second-order valence-electron chi connectivity index (χ2n) is 6.84. The summed E-state index contributed by atoms with van der Waals surface area (Å²) in [5, 5.41) is 9.30. The van der Waals surface area contributed by atoms with Crippen molar-refractivity contribution in [2.45, 2.75) is 32.4 Å². The zero-order valence-electron chi connectivity index (χ0n) is 14.8. The number of hydrogen-bond donors (Lipinski definition) is 1. The Morgan fingerprint density at radius 3 is 2.48 bits per heavy atom. The van der Waals surface area contributed by atoms with Crippen LogP contribution in [0.5, 0.6) is 0 Å². The Morgan fingerprint density at radius 2 is 1.84 bits per heavy atom. The SMILES string of the molecule is Cc1cccc(N2CCC(N(CC(=O)O)Cc3ccccc3)CC2)c1. The third kappa shape index (κ3) is 4.83. The summed E-state index contributed by atoms with van der Waals surface area (Å²) in [5.41, 5.74) is 3.72. The fourth-order valence-corrected chi connectivity index (χ4v) is 3.62. The Kier molecular flexibility index (Phi) is 5.71. The summed E-state index contributed by atoms with van der Waals surface area (Å²) in [6, 6.07) is 19.1. The second kappa shape index (κ2) is 8.17. The summed E-state index contributed by atoms with van der Waals surface area (Å²) in [5.74, 6) is -0.753. The lowest BCUT2D eigenvalue weighted by Gasteiger charge is -2.39. The standard InChI is InChI=1S/C21H26N2O2/c1-17-6-5-9-20(14-17)22-12-10-19(11-13-22)23(16-21(24)25)15-18-7-3-2-4-8-18/h2-9,14,19H,10-13,15-16H2,1H3,(H,24,25). The van der Waals surface area contributed by atoms with Crippen molar-refractivity contribution in [3.63, 3.8) is 0 Å². The molecule has 1 fully saturated rings. The molecule has 0 amide bonds. The molecular weight excluding hydrogens is 312 g/mol. The first-order valence-corrected chi connectivity index (χ1v) is 8.93. The molecule has 0 radical (unpaired) electrons. The van der Waals surface area contributed by atoms with E-state index in [1.54, 1.807) is 0 Å². The molecular formula is C21H26N2O2. The predicted molar refractivity (Wildman–Crippen MR) is 101 cm³/mol. The van der Waals surface area contributed by atoms with Crippen molar-refractivity contribution >= 4 is 11.7 Å². The number of anilines is 1. The molecule has 0 spiro atoms. The van der Waals surface area contributed by atoms with Gasteiger partial charge in [-0.2, -0.15) is 0 Å². The number of aliphatic carboxylic acids is 1. The van der Waals surface area contributed by atoms with Crippen LogP contribution in [-0.2, 0) is 11.3 Å². The molecule has 1 saturated heterocycles. The highest BCUT2D eigenvalue weighted by molar-refractivity contribution is 5.69. The Labute approximate surface area is 149 Å². The van der Waals surface area contributed by atoms with Crippen molar-refractivity contribution in [1.82, 2.24) is 4.90 Å². The van der Waals surface area contributed by atoms with Crippen LogP contribution in [0.25, 0.3) is 0 Å². The van der Waals surface area contributed by atoms with Gasteiger partial charge in [-0.3, -0.25) is 9.69 Å². The van der Waals surface area contributed by atoms with Crippen molar-refractivity contribution in [2.75, 3.05) is 24.5 Å². The average molecular weight is 338 g/mol. The van der Waals surface area contributed by atoms with Gasteiger partial charge in [0.2, 0.25) is 0 Å². The number of carboxylic acids is 1. The maximum Gasteiger partial charge on any atom is 0.317 e. The number of carboxylic acid groups (broad SMARTS) is 1. The van der Waals surface area contributed by atoms with Gasteiger partial charge in [-0.15, -0.1) is 0 Å². The lowest BCUT2D eigenvalue weighted by molar-refractivity contribution is -0.139. The minimum Gasteiger partial charge on any atom is -0.480 e. The van der Waals surface area contributed by atoms with Crippen LogP contribution in [0.15, 0.2) is 54.6 Å². The molecule has 0 aromatic heterocycles.